The Morgan fingerprint density at radius 3 is 2.34 bits per heavy atom. The standard InChI is InChI=1S/C27H25ClN2O2/c1-32-22-12-6-19(7-13-22)18-29-16-17-30-25(31)23-4-2-3-5-24(23)26(14-15-26)27(29,30)20-8-10-21(28)11-9-20/h2-13H,14-18H2,1H3. The third-order valence-corrected chi connectivity index (χ3v) is 7.81. The number of methoxy groups -OCH3 is 1. The Morgan fingerprint density at radius 2 is 1.66 bits per heavy atom. The lowest BCUT2D eigenvalue weighted by Crippen LogP contribution is -2.63. The minimum Gasteiger partial charge on any atom is -0.497 e. The fraction of sp³-hybridized carbons (Fsp3) is 0.296. The van der Waals surface area contributed by atoms with Crippen molar-refractivity contribution in [1.82, 2.24) is 9.80 Å². The first-order chi connectivity index (χ1) is 15.6. The van der Waals surface area contributed by atoms with Gasteiger partial charge in [0.15, 0.2) is 0 Å². The number of rotatable bonds is 4. The van der Waals surface area contributed by atoms with Crippen molar-refractivity contribution in [3.8, 4) is 5.75 Å². The number of amides is 1. The van der Waals surface area contributed by atoms with E-state index in [1.807, 2.05) is 36.4 Å². The highest BCUT2D eigenvalue weighted by Gasteiger charge is 2.71. The van der Waals surface area contributed by atoms with Crippen LogP contribution in [-0.2, 0) is 17.6 Å². The minimum atomic E-state index is -0.511. The van der Waals surface area contributed by atoms with Gasteiger partial charge in [-0.3, -0.25) is 9.69 Å². The molecule has 3 aliphatic rings. The average molecular weight is 445 g/mol. The molecule has 1 saturated carbocycles. The van der Waals surface area contributed by atoms with Crippen LogP contribution in [0.2, 0.25) is 5.02 Å². The van der Waals surface area contributed by atoms with Crippen molar-refractivity contribution in [3.05, 3.63) is 100 Å². The molecule has 1 aliphatic carbocycles. The highest BCUT2D eigenvalue weighted by Crippen LogP contribution is 2.67. The van der Waals surface area contributed by atoms with Crippen molar-refractivity contribution < 1.29 is 9.53 Å². The van der Waals surface area contributed by atoms with Crippen LogP contribution in [0.5, 0.6) is 5.75 Å². The summed E-state index contributed by atoms with van der Waals surface area (Å²) in [7, 11) is 1.69. The summed E-state index contributed by atoms with van der Waals surface area (Å²) in [4.78, 5) is 18.4. The molecule has 5 heteroatoms. The van der Waals surface area contributed by atoms with Crippen LogP contribution in [0, 0.1) is 0 Å². The number of halogens is 1. The molecule has 162 valence electrons. The van der Waals surface area contributed by atoms with Gasteiger partial charge in [0.2, 0.25) is 0 Å². The average Bonchev–Trinajstić information content (AvgIpc) is 3.54. The third-order valence-electron chi connectivity index (χ3n) is 7.56. The lowest BCUT2D eigenvalue weighted by atomic mass is 9.71. The number of fused-ring (bicyclic) bond motifs is 4. The molecule has 1 amide bonds. The van der Waals surface area contributed by atoms with E-state index >= 15 is 0 Å². The van der Waals surface area contributed by atoms with E-state index in [2.05, 4.69) is 46.2 Å². The molecule has 0 aromatic heterocycles. The van der Waals surface area contributed by atoms with Crippen LogP contribution in [0.1, 0.15) is 39.9 Å². The lowest BCUT2D eigenvalue weighted by Gasteiger charge is -2.53. The molecule has 6 rings (SSSR count). The second-order valence-corrected chi connectivity index (χ2v) is 9.47. The van der Waals surface area contributed by atoms with E-state index in [1.165, 1.54) is 11.1 Å². The van der Waals surface area contributed by atoms with Gasteiger partial charge in [0.25, 0.3) is 5.91 Å². The predicted octanol–water partition coefficient (Wildman–Crippen LogP) is 5.20. The fourth-order valence-corrected chi connectivity index (χ4v) is 6.26. The quantitative estimate of drug-likeness (QED) is 0.554. The Kier molecular flexibility index (Phi) is 4.40. The highest BCUT2D eigenvalue weighted by atomic mass is 35.5. The van der Waals surface area contributed by atoms with E-state index in [9.17, 15) is 4.79 Å². The number of hydrogen-bond acceptors (Lipinski definition) is 3. The molecular formula is C27H25ClN2O2. The Hall–Kier alpha value is -2.82. The summed E-state index contributed by atoms with van der Waals surface area (Å²) in [6.45, 7) is 2.31. The Morgan fingerprint density at radius 1 is 0.938 bits per heavy atom. The van der Waals surface area contributed by atoms with Crippen molar-refractivity contribution >= 4 is 17.5 Å². The van der Waals surface area contributed by atoms with Crippen LogP contribution in [0.4, 0.5) is 0 Å². The summed E-state index contributed by atoms with van der Waals surface area (Å²) >= 11 is 6.28. The van der Waals surface area contributed by atoms with Crippen LogP contribution in [0.15, 0.2) is 72.8 Å². The number of carbonyl (C=O) groups is 1. The van der Waals surface area contributed by atoms with Crippen LogP contribution < -0.4 is 4.74 Å². The summed E-state index contributed by atoms with van der Waals surface area (Å²) in [6.07, 6.45) is 2.13. The first-order valence-corrected chi connectivity index (χ1v) is 11.5. The van der Waals surface area contributed by atoms with Crippen LogP contribution in [0.25, 0.3) is 0 Å². The van der Waals surface area contributed by atoms with E-state index in [-0.39, 0.29) is 11.3 Å². The summed E-state index contributed by atoms with van der Waals surface area (Å²) < 4.78 is 5.34. The Bertz CT molecular complexity index is 1190. The second kappa shape index (κ2) is 7.09. The Labute approximate surface area is 193 Å². The number of hydrogen-bond donors (Lipinski definition) is 0. The van der Waals surface area contributed by atoms with Gasteiger partial charge in [0.1, 0.15) is 11.4 Å². The number of nitrogens with zero attached hydrogens (tertiary/aromatic N) is 2. The maximum Gasteiger partial charge on any atom is 0.255 e. The van der Waals surface area contributed by atoms with Gasteiger partial charge >= 0.3 is 0 Å². The molecule has 2 heterocycles. The van der Waals surface area contributed by atoms with Crippen LogP contribution >= 0.6 is 11.6 Å². The zero-order valence-electron chi connectivity index (χ0n) is 18.1. The van der Waals surface area contributed by atoms with Crippen LogP contribution in [-0.4, -0.2) is 35.9 Å². The van der Waals surface area contributed by atoms with Gasteiger partial charge in [-0.1, -0.05) is 54.1 Å². The summed E-state index contributed by atoms with van der Waals surface area (Å²) in [5.41, 5.74) is 3.80. The molecule has 3 aromatic rings. The largest absolute Gasteiger partial charge is 0.497 e. The maximum absolute atomic E-state index is 13.8. The summed E-state index contributed by atoms with van der Waals surface area (Å²) in [5, 5.41) is 0.712. The van der Waals surface area contributed by atoms with Crippen molar-refractivity contribution in [3.63, 3.8) is 0 Å². The van der Waals surface area contributed by atoms with E-state index < -0.39 is 5.66 Å². The molecule has 2 aliphatic heterocycles. The van der Waals surface area contributed by atoms with Gasteiger partial charge in [-0.2, -0.15) is 0 Å². The smallest absolute Gasteiger partial charge is 0.255 e. The van der Waals surface area contributed by atoms with Gasteiger partial charge in [-0.05, 0) is 59.9 Å². The van der Waals surface area contributed by atoms with Gasteiger partial charge in [0.05, 0.1) is 7.11 Å². The lowest BCUT2D eigenvalue weighted by molar-refractivity contribution is -0.0294. The molecule has 2 fully saturated rings. The number of carbonyl (C=O) groups excluding carboxylic acids is 1. The number of ether oxygens (including phenoxy) is 1. The molecule has 0 N–H and O–H groups in total. The monoisotopic (exact) mass is 444 g/mol. The minimum absolute atomic E-state index is 0.103. The van der Waals surface area contributed by atoms with Crippen molar-refractivity contribution in [1.29, 1.82) is 0 Å². The number of benzene rings is 3. The molecule has 1 saturated heterocycles. The maximum atomic E-state index is 13.8. The summed E-state index contributed by atoms with van der Waals surface area (Å²) in [6, 6.07) is 24.6. The highest BCUT2D eigenvalue weighted by molar-refractivity contribution is 6.30. The predicted molar refractivity (Wildman–Crippen MR) is 125 cm³/mol. The van der Waals surface area contributed by atoms with Gasteiger partial charge in [0, 0.05) is 35.6 Å². The Balaban J connectivity index is 1.54. The van der Waals surface area contributed by atoms with Crippen LogP contribution in [0.3, 0.4) is 0 Å². The van der Waals surface area contributed by atoms with Crippen molar-refractivity contribution in [2.75, 3.05) is 20.2 Å². The molecule has 1 unspecified atom stereocenters. The third kappa shape index (κ3) is 2.57. The zero-order valence-corrected chi connectivity index (χ0v) is 18.8. The van der Waals surface area contributed by atoms with Gasteiger partial charge in [-0.15, -0.1) is 0 Å². The molecule has 1 spiro atoms. The molecule has 0 bridgehead atoms. The first kappa shape index (κ1) is 19.8. The molecule has 4 nitrogen and oxygen atoms in total. The normalized spacial score (nSPS) is 23.2. The molecule has 32 heavy (non-hydrogen) atoms. The van der Waals surface area contributed by atoms with Gasteiger partial charge in [-0.25, -0.2) is 0 Å². The van der Waals surface area contributed by atoms with Gasteiger partial charge < -0.3 is 9.64 Å². The fourth-order valence-electron chi connectivity index (χ4n) is 6.13. The molecule has 0 radical (unpaired) electrons. The molecule has 3 aromatic carbocycles. The second-order valence-electron chi connectivity index (χ2n) is 9.03. The van der Waals surface area contributed by atoms with E-state index in [4.69, 9.17) is 16.3 Å². The van der Waals surface area contributed by atoms with E-state index in [0.29, 0.717) is 11.6 Å². The zero-order chi connectivity index (χ0) is 21.9. The topological polar surface area (TPSA) is 32.8 Å². The van der Waals surface area contributed by atoms with E-state index in [1.54, 1.807) is 7.11 Å². The summed E-state index contributed by atoms with van der Waals surface area (Å²) in [5.74, 6) is 0.981. The van der Waals surface area contributed by atoms with Crippen molar-refractivity contribution in [2.45, 2.75) is 30.5 Å². The molecular weight excluding hydrogens is 420 g/mol. The molecule has 1 atom stereocenters. The van der Waals surface area contributed by atoms with Crippen molar-refractivity contribution in [2.24, 2.45) is 0 Å². The SMILES string of the molecule is COc1ccc(CN2CCN3C(=O)c4ccccc4C4(CC4)C23c2ccc(Cl)cc2)cc1. The van der Waals surface area contributed by atoms with E-state index in [0.717, 1.165) is 42.8 Å². The first-order valence-electron chi connectivity index (χ1n) is 11.2.